The fourth-order valence-corrected chi connectivity index (χ4v) is 3.35. The fourth-order valence-electron chi connectivity index (χ4n) is 2.13. The number of carbonyl (C=O) groups is 1. The van der Waals surface area contributed by atoms with Crippen molar-refractivity contribution >= 4 is 15.9 Å². The van der Waals surface area contributed by atoms with Crippen molar-refractivity contribution in [2.24, 2.45) is 0 Å². The van der Waals surface area contributed by atoms with Gasteiger partial charge in [-0.2, -0.15) is 4.72 Å². The van der Waals surface area contributed by atoms with E-state index in [2.05, 4.69) is 10.0 Å². The van der Waals surface area contributed by atoms with Gasteiger partial charge in [0.05, 0.1) is 17.0 Å². The number of hydrogen-bond acceptors (Lipinski definition) is 4. The van der Waals surface area contributed by atoms with E-state index in [9.17, 15) is 13.2 Å². The summed E-state index contributed by atoms with van der Waals surface area (Å²) in [5.74, 6) is -0.356. The molecule has 1 aromatic carbocycles. The van der Waals surface area contributed by atoms with Crippen LogP contribution in [0, 0.1) is 0 Å². The standard InChI is InChI=1S/C14H20N2O4S/c1-11(14(17)15-10-12-6-5-9-20-12)16-21(18,19)13-7-3-2-4-8-13/h2-4,7-8,11-12,16H,5-6,9-10H2,1H3,(H,15,17)/t11-,12+/m0/s1. The van der Waals surface area contributed by atoms with Crippen molar-refractivity contribution in [3.8, 4) is 0 Å². The molecule has 2 atom stereocenters. The first-order chi connectivity index (χ1) is 9.99. The van der Waals surface area contributed by atoms with E-state index in [1.165, 1.54) is 19.1 Å². The van der Waals surface area contributed by atoms with Crippen LogP contribution in [0.25, 0.3) is 0 Å². The first-order valence-corrected chi connectivity index (χ1v) is 8.44. The van der Waals surface area contributed by atoms with E-state index in [4.69, 9.17) is 4.74 Å². The van der Waals surface area contributed by atoms with Crippen LogP contribution >= 0.6 is 0 Å². The number of nitrogens with one attached hydrogen (secondary N) is 2. The number of carbonyl (C=O) groups excluding carboxylic acids is 1. The fraction of sp³-hybridized carbons (Fsp3) is 0.500. The minimum Gasteiger partial charge on any atom is -0.376 e. The Bertz CT molecular complexity index is 568. The molecule has 21 heavy (non-hydrogen) atoms. The molecule has 1 aliphatic heterocycles. The van der Waals surface area contributed by atoms with Crippen LogP contribution < -0.4 is 10.0 Å². The van der Waals surface area contributed by atoms with E-state index >= 15 is 0 Å². The summed E-state index contributed by atoms with van der Waals surface area (Å²) in [7, 11) is -3.68. The molecular formula is C14H20N2O4S. The highest BCUT2D eigenvalue weighted by molar-refractivity contribution is 7.89. The zero-order valence-corrected chi connectivity index (χ0v) is 12.7. The second kappa shape index (κ2) is 7.02. The highest BCUT2D eigenvalue weighted by Gasteiger charge is 2.23. The molecule has 0 saturated carbocycles. The lowest BCUT2D eigenvalue weighted by atomic mass is 10.2. The number of sulfonamides is 1. The quantitative estimate of drug-likeness (QED) is 0.808. The zero-order valence-electron chi connectivity index (χ0n) is 11.9. The van der Waals surface area contributed by atoms with Crippen LogP contribution in [0.2, 0.25) is 0 Å². The highest BCUT2D eigenvalue weighted by Crippen LogP contribution is 2.11. The van der Waals surface area contributed by atoms with Crippen LogP contribution in [-0.2, 0) is 19.6 Å². The lowest BCUT2D eigenvalue weighted by molar-refractivity contribution is -0.122. The molecule has 1 fully saturated rings. The average molecular weight is 312 g/mol. The van der Waals surface area contributed by atoms with E-state index in [1.807, 2.05) is 0 Å². The summed E-state index contributed by atoms with van der Waals surface area (Å²) < 4.78 is 32.0. The molecule has 1 aromatic rings. The molecule has 1 saturated heterocycles. The van der Waals surface area contributed by atoms with Crippen molar-refractivity contribution in [2.45, 2.75) is 36.8 Å². The van der Waals surface area contributed by atoms with Gasteiger partial charge in [0.25, 0.3) is 0 Å². The van der Waals surface area contributed by atoms with Crippen molar-refractivity contribution in [1.29, 1.82) is 0 Å². The molecule has 1 aliphatic rings. The molecule has 0 unspecified atom stereocenters. The van der Waals surface area contributed by atoms with Crippen LogP contribution in [0.5, 0.6) is 0 Å². The summed E-state index contributed by atoms with van der Waals surface area (Å²) in [6, 6.07) is 7.14. The molecular weight excluding hydrogens is 292 g/mol. The van der Waals surface area contributed by atoms with Crippen LogP contribution in [0.3, 0.4) is 0 Å². The summed E-state index contributed by atoms with van der Waals surface area (Å²) in [5.41, 5.74) is 0. The van der Waals surface area contributed by atoms with Crippen molar-refractivity contribution in [3.63, 3.8) is 0 Å². The van der Waals surface area contributed by atoms with Crippen LogP contribution in [0.15, 0.2) is 35.2 Å². The third-order valence-corrected chi connectivity index (χ3v) is 4.86. The maximum Gasteiger partial charge on any atom is 0.241 e. The van der Waals surface area contributed by atoms with Gasteiger partial charge in [-0.25, -0.2) is 8.42 Å². The van der Waals surface area contributed by atoms with Gasteiger partial charge < -0.3 is 10.1 Å². The van der Waals surface area contributed by atoms with Gasteiger partial charge >= 0.3 is 0 Å². The molecule has 1 amide bonds. The van der Waals surface area contributed by atoms with Gasteiger partial charge in [-0.3, -0.25) is 4.79 Å². The highest BCUT2D eigenvalue weighted by atomic mass is 32.2. The molecule has 0 bridgehead atoms. The second-order valence-electron chi connectivity index (χ2n) is 5.04. The van der Waals surface area contributed by atoms with Crippen molar-refractivity contribution < 1.29 is 17.9 Å². The monoisotopic (exact) mass is 312 g/mol. The van der Waals surface area contributed by atoms with E-state index in [0.29, 0.717) is 6.54 Å². The van der Waals surface area contributed by atoms with Gasteiger partial charge in [0.2, 0.25) is 15.9 Å². The van der Waals surface area contributed by atoms with Crippen LogP contribution in [-0.4, -0.2) is 39.6 Å². The maximum absolute atomic E-state index is 12.1. The Balaban J connectivity index is 1.87. The molecule has 0 aliphatic carbocycles. The number of benzene rings is 1. The molecule has 7 heteroatoms. The molecule has 116 valence electrons. The minimum atomic E-state index is -3.68. The first-order valence-electron chi connectivity index (χ1n) is 6.96. The normalized spacial score (nSPS) is 20.1. The number of ether oxygens (including phenoxy) is 1. The molecule has 0 spiro atoms. The predicted octanol–water partition coefficient (Wildman–Crippen LogP) is 0.649. The molecule has 0 aromatic heterocycles. The third-order valence-electron chi connectivity index (χ3n) is 3.31. The number of rotatable bonds is 6. The van der Waals surface area contributed by atoms with Gasteiger partial charge in [0.15, 0.2) is 0 Å². The second-order valence-corrected chi connectivity index (χ2v) is 6.75. The molecule has 2 N–H and O–H groups in total. The molecule has 6 nitrogen and oxygen atoms in total. The van der Waals surface area contributed by atoms with Gasteiger partial charge in [0.1, 0.15) is 0 Å². The Hall–Kier alpha value is -1.44. The maximum atomic E-state index is 12.1. The summed E-state index contributed by atoms with van der Waals surface area (Å²) in [4.78, 5) is 12.1. The Morgan fingerprint density at radius 3 is 2.71 bits per heavy atom. The van der Waals surface area contributed by atoms with Crippen LogP contribution in [0.4, 0.5) is 0 Å². The Morgan fingerprint density at radius 2 is 2.10 bits per heavy atom. The first kappa shape index (κ1) is 15.9. The topological polar surface area (TPSA) is 84.5 Å². The van der Waals surface area contributed by atoms with Crippen molar-refractivity contribution in [1.82, 2.24) is 10.0 Å². The Kier molecular flexibility index (Phi) is 5.33. The van der Waals surface area contributed by atoms with E-state index < -0.39 is 16.1 Å². The molecule has 2 rings (SSSR count). The van der Waals surface area contributed by atoms with Gasteiger partial charge in [-0.15, -0.1) is 0 Å². The van der Waals surface area contributed by atoms with Crippen LogP contribution in [0.1, 0.15) is 19.8 Å². The van der Waals surface area contributed by atoms with Gasteiger partial charge in [-0.05, 0) is 31.9 Å². The lowest BCUT2D eigenvalue weighted by Crippen LogP contribution is -2.46. The van der Waals surface area contributed by atoms with E-state index in [0.717, 1.165) is 19.4 Å². The predicted molar refractivity (Wildman–Crippen MR) is 78.2 cm³/mol. The van der Waals surface area contributed by atoms with Crippen molar-refractivity contribution in [3.05, 3.63) is 30.3 Å². The Labute approximate surface area is 124 Å². The smallest absolute Gasteiger partial charge is 0.241 e. The summed E-state index contributed by atoms with van der Waals surface area (Å²) >= 11 is 0. The summed E-state index contributed by atoms with van der Waals surface area (Å²) in [6.45, 7) is 2.65. The molecule has 1 heterocycles. The minimum absolute atomic E-state index is 0.0341. The SMILES string of the molecule is C[C@H](NS(=O)(=O)c1ccccc1)C(=O)NC[C@H]1CCCO1. The van der Waals surface area contributed by atoms with Gasteiger partial charge in [0, 0.05) is 13.2 Å². The summed E-state index contributed by atoms with van der Waals surface area (Å²) in [5, 5.41) is 2.71. The van der Waals surface area contributed by atoms with E-state index in [-0.39, 0.29) is 16.9 Å². The third kappa shape index (κ3) is 4.52. The lowest BCUT2D eigenvalue weighted by Gasteiger charge is -2.16. The largest absolute Gasteiger partial charge is 0.376 e. The zero-order chi connectivity index (χ0) is 15.3. The molecule has 0 radical (unpaired) electrons. The number of hydrogen-bond donors (Lipinski definition) is 2. The van der Waals surface area contributed by atoms with E-state index in [1.54, 1.807) is 18.2 Å². The summed E-state index contributed by atoms with van der Waals surface area (Å²) in [6.07, 6.45) is 1.95. The Morgan fingerprint density at radius 1 is 1.38 bits per heavy atom. The number of amides is 1. The van der Waals surface area contributed by atoms with Gasteiger partial charge in [-0.1, -0.05) is 18.2 Å². The van der Waals surface area contributed by atoms with Crippen molar-refractivity contribution in [2.75, 3.05) is 13.2 Å². The average Bonchev–Trinajstić information content (AvgIpc) is 2.98.